The van der Waals surface area contributed by atoms with Crippen LogP contribution in [-0.4, -0.2) is 26.0 Å². The Morgan fingerprint density at radius 3 is 2.39 bits per heavy atom. The van der Waals surface area contributed by atoms with E-state index in [1.807, 2.05) is 37.3 Å². The molecule has 2 heterocycles. The molecular weight excluding hydrogens is 414 g/mol. The molecule has 0 radical (unpaired) electrons. The van der Waals surface area contributed by atoms with Gasteiger partial charge in [0.05, 0.1) is 42.4 Å². The summed E-state index contributed by atoms with van der Waals surface area (Å²) in [5.41, 5.74) is 2.47. The Hall–Kier alpha value is -3.45. The zero-order valence-electron chi connectivity index (χ0n) is 17.4. The van der Waals surface area contributed by atoms with Crippen LogP contribution in [0.25, 0.3) is 5.57 Å². The van der Waals surface area contributed by atoms with E-state index in [1.165, 1.54) is 26.0 Å². The molecule has 1 aromatic heterocycles. The van der Waals surface area contributed by atoms with E-state index in [9.17, 15) is 9.59 Å². The summed E-state index contributed by atoms with van der Waals surface area (Å²) in [5.74, 6) is 1.28. The van der Waals surface area contributed by atoms with Crippen LogP contribution in [0.5, 0.6) is 11.5 Å². The van der Waals surface area contributed by atoms with Gasteiger partial charge in [0.1, 0.15) is 17.3 Å². The molecule has 0 saturated heterocycles. The van der Waals surface area contributed by atoms with Gasteiger partial charge in [-0.05, 0) is 36.8 Å². The van der Waals surface area contributed by atoms with Gasteiger partial charge in [0.25, 0.3) is 11.8 Å². The van der Waals surface area contributed by atoms with Gasteiger partial charge in [-0.1, -0.05) is 29.8 Å². The van der Waals surface area contributed by atoms with Crippen molar-refractivity contribution < 1.29 is 23.5 Å². The maximum absolute atomic E-state index is 13.6. The summed E-state index contributed by atoms with van der Waals surface area (Å²) < 4.78 is 16.1. The summed E-state index contributed by atoms with van der Waals surface area (Å²) in [6.45, 7) is 1.97. The number of ether oxygens (including phenoxy) is 2. The molecule has 0 saturated carbocycles. The Labute approximate surface area is 184 Å². The molecule has 158 valence electrons. The fraction of sp³-hybridized carbons (Fsp3) is 0.167. The third kappa shape index (κ3) is 3.96. The van der Waals surface area contributed by atoms with Crippen molar-refractivity contribution in [3.63, 3.8) is 0 Å². The number of carbonyl (C=O) groups excluding carboxylic acids is 2. The lowest BCUT2D eigenvalue weighted by Gasteiger charge is -2.19. The quantitative estimate of drug-likeness (QED) is 0.496. The predicted molar refractivity (Wildman–Crippen MR) is 120 cm³/mol. The van der Waals surface area contributed by atoms with Gasteiger partial charge in [-0.2, -0.15) is 0 Å². The number of anilines is 1. The van der Waals surface area contributed by atoms with Crippen molar-refractivity contribution >= 4 is 34.8 Å². The molecule has 1 aliphatic rings. The van der Waals surface area contributed by atoms with Crippen LogP contribution in [0.3, 0.4) is 0 Å². The Morgan fingerprint density at radius 2 is 1.74 bits per heavy atom. The van der Waals surface area contributed by atoms with Crippen LogP contribution in [0.15, 0.2) is 70.2 Å². The van der Waals surface area contributed by atoms with Crippen LogP contribution in [-0.2, 0) is 15.3 Å². The number of nitrogens with zero attached hydrogens (tertiary/aromatic N) is 1. The molecule has 3 aromatic rings. The standard InChI is InChI=1S/C24H21NO5S/c1-15-6-8-16(9-7-15)21-22(31-14-18-5-4-12-30-18)24(27)25(23(21)26)19-13-17(28-2)10-11-20(19)29-3/h4-13H,14H2,1-3H3. The highest BCUT2D eigenvalue weighted by Crippen LogP contribution is 2.43. The summed E-state index contributed by atoms with van der Waals surface area (Å²) in [6, 6.07) is 16.2. The Bertz CT molecular complexity index is 1150. The normalized spacial score (nSPS) is 13.8. The molecule has 0 spiro atoms. The molecule has 0 N–H and O–H groups in total. The van der Waals surface area contributed by atoms with Gasteiger partial charge in [0.2, 0.25) is 0 Å². The minimum Gasteiger partial charge on any atom is -0.497 e. The lowest BCUT2D eigenvalue weighted by atomic mass is 10.0. The average Bonchev–Trinajstić information content (AvgIpc) is 3.38. The van der Waals surface area contributed by atoms with E-state index in [0.717, 1.165) is 16.2 Å². The van der Waals surface area contributed by atoms with Crippen molar-refractivity contribution in [3.8, 4) is 11.5 Å². The highest BCUT2D eigenvalue weighted by molar-refractivity contribution is 8.03. The summed E-state index contributed by atoms with van der Waals surface area (Å²) in [7, 11) is 3.02. The minimum atomic E-state index is -0.401. The topological polar surface area (TPSA) is 69.0 Å². The van der Waals surface area contributed by atoms with E-state index >= 15 is 0 Å². The largest absolute Gasteiger partial charge is 0.497 e. The SMILES string of the molecule is COc1ccc(OC)c(N2C(=O)C(SCc3ccco3)=C(c3ccc(C)cc3)C2=O)c1. The number of aryl methyl sites for hydroxylation is 1. The number of hydrogen-bond donors (Lipinski definition) is 0. The van der Waals surface area contributed by atoms with Gasteiger partial charge >= 0.3 is 0 Å². The number of benzene rings is 2. The van der Waals surface area contributed by atoms with Gasteiger partial charge in [0.15, 0.2) is 0 Å². The summed E-state index contributed by atoms with van der Waals surface area (Å²) in [6.07, 6.45) is 1.58. The Balaban J connectivity index is 1.79. The molecule has 0 bridgehead atoms. The molecule has 2 aromatic carbocycles. The molecule has 0 atom stereocenters. The van der Waals surface area contributed by atoms with Crippen LogP contribution in [0.1, 0.15) is 16.9 Å². The van der Waals surface area contributed by atoms with Crippen molar-refractivity contribution in [2.24, 2.45) is 0 Å². The maximum Gasteiger partial charge on any atom is 0.272 e. The zero-order valence-corrected chi connectivity index (χ0v) is 18.2. The second-order valence-electron chi connectivity index (χ2n) is 6.92. The van der Waals surface area contributed by atoms with E-state index in [-0.39, 0.29) is 0 Å². The maximum atomic E-state index is 13.6. The third-order valence-electron chi connectivity index (χ3n) is 4.95. The molecule has 0 fully saturated rings. The second kappa shape index (κ2) is 8.73. The molecule has 4 rings (SSSR count). The van der Waals surface area contributed by atoms with Gasteiger partial charge in [-0.15, -0.1) is 11.8 Å². The van der Waals surface area contributed by atoms with Crippen LogP contribution < -0.4 is 14.4 Å². The highest BCUT2D eigenvalue weighted by atomic mass is 32.2. The number of rotatable bonds is 7. The zero-order chi connectivity index (χ0) is 22.0. The first-order chi connectivity index (χ1) is 15.0. The van der Waals surface area contributed by atoms with Crippen LogP contribution in [0.4, 0.5) is 5.69 Å². The van der Waals surface area contributed by atoms with Crippen LogP contribution >= 0.6 is 11.8 Å². The molecule has 6 nitrogen and oxygen atoms in total. The number of furan rings is 1. The third-order valence-corrected chi connectivity index (χ3v) is 6.04. The van der Waals surface area contributed by atoms with E-state index in [0.29, 0.717) is 39.0 Å². The number of amides is 2. The Morgan fingerprint density at radius 1 is 0.968 bits per heavy atom. The molecular formula is C24H21NO5S. The van der Waals surface area contributed by atoms with E-state index in [1.54, 1.807) is 30.5 Å². The number of carbonyl (C=O) groups is 2. The smallest absolute Gasteiger partial charge is 0.272 e. The van der Waals surface area contributed by atoms with Crippen molar-refractivity contribution in [3.05, 3.63) is 82.7 Å². The van der Waals surface area contributed by atoms with Crippen molar-refractivity contribution in [1.82, 2.24) is 0 Å². The highest BCUT2D eigenvalue weighted by Gasteiger charge is 2.41. The monoisotopic (exact) mass is 435 g/mol. The fourth-order valence-electron chi connectivity index (χ4n) is 3.35. The lowest BCUT2D eigenvalue weighted by Crippen LogP contribution is -2.31. The van der Waals surface area contributed by atoms with Crippen LogP contribution in [0.2, 0.25) is 0 Å². The lowest BCUT2D eigenvalue weighted by molar-refractivity contribution is -0.119. The van der Waals surface area contributed by atoms with Crippen molar-refractivity contribution in [1.29, 1.82) is 0 Å². The number of imide groups is 1. The summed E-state index contributed by atoms with van der Waals surface area (Å²) >= 11 is 1.28. The van der Waals surface area contributed by atoms with Crippen LogP contribution in [0, 0.1) is 6.92 Å². The van der Waals surface area contributed by atoms with Crippen molar-refractivity contribution in [2.45, 2.75) is 12.7 Å². The second-order valence-corrected chi connectivity index (χ2v) is 7.91. The predicted octanol–water partition coefficient (Wildman–Crippen LogP) is 4.82. The van der Waals surface area contributed by atoms with Gasteiger partial charge in [-0.25, -0.2) is 4.90 Å². The van der Waals surface area contributed by atoms with Gasteiger partial charge < -0.3 is 13.9 Å². The van der Waals surface area contributed by atoms with Gasteiger partial charge in [-0.3, -0.25) is 9.59 Å². The average molecular weight is 436 g/mol. The first kappa shape index (κ1) is 20.8. The fourth-order valence-corrected chi connectivity index (χ4v) is 4.36. The first-order valence-corrected chi connectivity index (χ1v) is 10.6. The molecule has 0 aliphatic carbocycles. The number of hydrogen-bond acceptors (Lipinski definition) is 6. The number of methoxy groups -OCH3 is 2. The molecule has 7 heteroatoms. The van der Waals surface area contributed by atoms with Gasteiger partial charge in [0, 0.05) is 6.07 Å². The molecule has 2 amide bonds. The van der Waals surface area contributed by atoms with E-state index in [2.05, 4.69) is 0 Å². The molecule has 0 unspecified atom stereocenters. The minimum absolute atomic E-state index is 0.343. The molecule has 1 aliphatic heterocycles. The molecule has 31 heavy (non-hydrogen) atoms. The first-order valence-electron chi connectivity index (χ1n) is 9.60. The van der Waals surface area contributed by atoms with E-state index in [4.69, 9.17) is 13.9 Å². The summed E-state index contributed by atoms with van der Waals surface area (Å²) in [4.78, 5) is 28.6. The van der Waals surface area contributed by atoms with E-state index < -0.39 is 11.8 Å². The summed E-state index contributed by atoms with van der Waals surface area (Å²) in [5, 5.41) is 0. The van der Waals surface area contributed by atoms with Crippen molar-refractivity contribution in [2.75, 3.05) is 19.1 Å². The number of thioether (sulfide) groups is 1. The Kier molecular flexibility index (Phi) is 5.86.